The Morgan fingerprint density at radius 2 is 1.85 bits per heavy atom. The van der Waals surface area contributed by atoms with Gasteiger partial charge in [-0.15, -0.1) is 0 Å². The Morgan fingerprint density at radius 1 is 1.15 bits per heavy atom. The minimum absolute atomic E-state index is 0.151. The Bertz CT molecular complexity index is 922. The minimum atomic E-state index is -4.39. The maximum Gasteiger partial charge on any atom is 0.397 e. The highest BCUT2D eigenvalue weighted by molar-refractivity contribution is 7.80. The fourth-order valence-corrected chi connectivity index (χ4v) is 9.81. The van der Waals surface area contributed by atoms with E-state index in [9.17, 15) is 8.42 Å². The first-order chi connectivity index (χ1) is 15.8. The molecule has 5 heteroatoms. The molecule has 5 unspecified atom stereocenters. The third-order valence-electron chi connectivity index (χ3n) is 11.5. The van der Waals surface area contributed by atoms with Gasteiger partial charge in [-0.1, -0.05) is 58.4 Å². The van der Waals surface area contributed by atoms with E-state index >= 15 is 0 Å². The summed E-state index contributed by atoms with van der Waals surface area (Å²) >= 11 is 0. The van der Waals surface area contributed by atoms with Crippen LogP contribution in [0.4, 0.5) is 0 Å². The second kappa shape index (κ2) is 9.34. The van der Waals surface area contributed by atoms with Crippen LogP contribution in [0.15, 0.2) is 23.8 Å². The largest absolute Gasteiger partial charge is 0.397 e. The average Bonchev–Trinajstić information content (AvgIpc) is 3.09. The minimum Gasteiger partial charge on any atom is -0.264 e. The smallest absolute Gasteiger partial charge is 0.264 e. The predicted molar refractivity (Wildman–Crippen MR) is 139 cm³/mol. The quantitative estimate of drug-likeness (QED) is 0.293. The van der Waals surface area contributed by atoms with Gasteiger partial charge in [-0.2, -0.15) is 8.42 Å². The van der Waals surface area contributed by atoms with Crippen LogP contribution in [0, 0.1) is 52.3 Å². The van der Waals surface area contributed by atoms with Gasteiger partial charge in [-0.25, -0.2) is 4.18 Å². The molecule has 4 rings (SSSR count). The summed E-state index contributed by atoms with van der Waals surface area (Å²) in [5, 5.41) is 0. The topological polar surface area (TPSA) is 63.6 Å². The first kappa shape index (κ1) is 26.4. The molecular formula is C29H48O4S. The summed E-state index contributed by atoms with van der Waals surface area (Å²) in [6, 6.07) is 0. The van der Waals surface area contributed by atoms with Crippen LogP contribution in [-0.2, 0) is 14.6 Å². The molecule has 10 atom stereocenters. The van der Waals surface area contributed by atoms with Crippen molar-refractivity contribution in [2.45, 2.75) is 105 Å². The zero-order valence-corrected chi connectivity index (χ0v) is 23.2. The third-order valence-corrected chi connectivity index (χ3v) is 12.0. The van der Waals surface area contributed by atoms with Crippen LogP contribution in [0.25, 0.3) is 0 Å². The van der Waals surface area contributed by atoms with Crippen molar-refractivity contribution in [2.24, 2.45) is 52.3 Å². The highest BCUT2D eigenvalue weighted by Gasteiger charge is 2.59. The van der Waals surface area contributed by atoms with Gasteiger partial charge in [-0.3, -0.25) is 4.55 Å². The van der Waals surface area contributed by atoms with Crippen molar-refractivity contribution in [3.63, 3.8) is 0 Å². The van der Waals surface area contributed by atoms with Gasteiger partial charge in [-0.05, 0) is 117 Å². The van der Waals surface area contributed by atoms with Crippen LogP contribution >= 0.6 is 0 Å². The van der Waals surface area contributed by atoms with Gasteiger partial charge in [0.05, 0.1) is 6.10 Å². The maximum atomic E-state index is 11.3. The fraction of sp³-hybridized carbons (Fsp3) is 0.862. The molecule has 0 radical (unpaired) electrons. The Balaban J connectivity index is 1.49. The summed E-state index contributed by atoms with van der Waals surface area (Å²) < 4.78 is 36.7. The Morgan fingerprint density at radius 3 is 2.50 bits per heavy atom. The third kappa shape index (κ3) is 4.70. The molecule has 0 aromatic rings. The van der Waals surface area contributed by atoms with Gasteiger partial charge < -0.3 is 0 Å². The van der Waals surface area contributed by atoms with Crippen molar-refractivity contribution in [3.05, 3.63) is 23.8 Å². The molecule has 34 heavy (non-hydrogen) atoms. The lowest BCUT2D eigenvalue weighted by atomic mass is 9.47. The summed E-state index contributed by atoms with van der Waals surface area (Å²) in [5.41, 5.74) is 3.28. The lowest BCUT2D eigenvalue weighted by Crippen LogP contribution is -2.51. The van der Waals surface area contributed by atoms with Gasteiger partial charge >= 0.3 is 10.4 Å². The van der Waals surface area contributed by atoms with Crippen molar-refractivity contribution in [1.82, 2.24) is 0 Å². The van der Waals surface area contributed by atoms with Gasteiger partial charge in [0.2, 0.25) is 0 Å². The molecule has 0 aromatic carbocycles. The van der Waals surface area contributed by atoms with E-state index in [1.165, 1.54) is 43.3 Å². The normalized spacial score (nSPS) is 42.6. The Labute approximate surface area is 209 Å². The predicted octanol–water partition coefficient (Wildman–Crippen LogP) is 7.63. The highest BCUT2D eigenvalue weighted by Crippen LogP contribution is 2.67. The molecule has 0 amide bonds. The molecule has 0 heterocycles. The standard InChI is InChI=1S/C29H48O4S/c1-18(2)21(5)19(3)16-20(4)25-10-11-26-24-9-8-22-17-23(33-34(30,31)32)12-14-28(22,6)27(24)13-15-29(25,26)7/h8,19-21,23-27H,1,9-17H2,2-7H3,(H,30,31,32)/t19?,20-,21?,23+,24?,25-,26?,27?,28+,29-/m1/s1. The van der Waals surface area contributed by atoms with Crippen LogP contribution in [0.3, 0.4) is 0 Å². The van der Waals surface area contributed by atoms with Gasteiger partial charge in [0.25, 0.3) is 0 Å². The molecule has 0 aliphatic heterocycles. The zero-order chi connectivity index (χ0) is 25.1. The summed E-state index contributed by atoms with van der Waals surface area (Å²) in [6.07, 6.45) is 12.1. The van der Waals surface area contributed by atoms with Crippen molar-refractivity contribution in [1.29, 1.82) is 0 Å². The molecule has 0 saturated heterocycles. The SMILES string of the molecule is C=C(C)C(C)C(C)C[C@@H](C)[C@H]1CCC2C3CC=C4C[C@@H](OS(=O)(=O)O)CC[C@]4(C)C3CC[C@@]21C. The van der Waals surface area contributed by atoms with Crippen LogP contribution in [-0.4, -0.2) is 19.1 Å². The van der Waals surface area contributed by atoms with E-state index in [-0.39, 0.29) is 5.41 Å². The van der Waals surface area contributed by atoms with Crippen LogP contribution in [0.5, 0.6) is 0 Å². The van der Waals surface area contributed by atoms with Crippen molar-refractivity contribution < 1.29 is 17.2 Å². The summed E-state index contributed by atoms with van der Waals surface area (Å²) in [6.45, 7) is 18.7. The van der Waals surface area contributed by atoms with Crippen molar-refractivity contribution in [2.75, 3.05) is 0 Å². The van der Waals surface area contributed by atoms with Gasteiger partial charge in [0, 0.05) is 0 Å². The van der Waals surface area contributed by atoms with Crippen LogP contribution in [0.2, 0.25) is 0 Å². The second-order valence-corrected chi connectivity index (χ2v) is 14.2. The number of hydrogen-bond donors (Lipinski definition) is 1. The first-order valence-corrected chi connectivity index (χ1v) is 15.1. The molecule has 0 spiro atoms. The second-order valence-electron chi connectivity index (χ2n) is 13.2. The molecule has 0 bridgehead atoms. The fourth-order valence-electron chi connectivity index (χ4n) is 9.30. The van der Waals surface area contributed by atoms with Crippen LogP contribution in [0.1, 0.15) is 99.3 Å². The lowest BCUT2D eigenvalue weighted by molar-refractivity contribution is -0.0569. The number of hydrogen-bond acceptors (Lipinski definition) is 3. The number of rotatable bonds is 7. The van der Waals surface area contributed by atoms with Gasteiger partial charge in [0.15, 0.2) is 0 Å². The molecular weight excluding hydrogens is 444 g/mol. The van der Waals surface area contributed by atoms with E-state index in [0.29, 0.717) is 36.0 Å². The van der Waals surface area contributed by atoms with Crippen LogP contribution < -0.4 is 0 Å². The average molecular weight is 493 g/mol. The Kier molecular flexibility index (Phi) is 7.25. The van der Waals surface area contributed by atoms with E-state index in [1.54, 1.807) is 0 Å². The first-order valence-electron chi connectivity index (χ1n) is 13.8. The molecule has 0 aromatic heterocycles. The molecule has 3 saturated carbocycles. The molecule has 194 valence electrons. The molecule has 4 nitrogen and oxygen atoms in total. The van der Waals surface area contributed by atoms with Crippen molar-refractivity contribution >= 4 is 10.4 Å². The van der Waals surface area contributed by atoms with Gasteiger partial charge in [0.1, 0.15) is 0 Å². The molecule has 1 N–H and O–H groups in total. The molecule has 3 fully saturated rings. The number of fused-ring (bicyclic) bond motifs is 5. The highest BCUT2D eigenvalue weighted by atomic mass is 32.3. The van der Waals surface area contributed by atoms with Crippen molar-refractivity contribution in [3.8, 4) is 0 Å². The molecule has 4 aliphatic rings. The summed E-state index contributed by atoms with van der Waals surface area (Å²) in [7, 11) is -4.39. The number of allylic oxidation sites excluding steroid dienone is 2. The summed E-state index contributed by atoms with van der Waals surface area (Å²) in [4.78, 5) is 0. The maximum absolute atomic E-state index is 11.3. The lowest BCUT2D eigenvalue weighted by Gasteiger charge is -2.58. The monoisotopic (exact) mass is 492 g/mol. The van der Waals surface area contributed by atoms with E-state index in [0.717, 1.165) is 36.5 Å². The van der Waals surface area contributed by atoms with E-state index < -0.39 is 16.5 Å². The van der Waals surface area contributed by atoms with E-state index in [4.69, 9.17) is 8.74 Å². The summed E-state index contributed by atoms with van der Waals surface area (Å²) in [5.74, 6) is 5.07. The Hall–Kier alpha value is -0.650. The van der Waals surface area contributed by atoms with E-state index in [2.05, 4.69) is 54.2 Å². The molecule has 4 aliphatic carbocycles. The van der Waals surface area contributed by atoms with E-state index in [1.807, 2.05) is 0 Å². The zero-order valence-electron chi connectivity index (χ0n) is 22.3.